The molecule has 0 aliphatic carbocycles. The van der Waals surface area contributed by atoms with Gasteiger partial charge < -0.3 is 5.32 Å². The van der Waals surface area contributed by atoms with Gasteiger partial charge in [-0.15, -0.1) is 10.2 Å². The number of carbonyl (C=O) groups is 1. The SMILES string of the molecule is CC(C)C[C@@H](NC(=O)c1cc(-c2cccnc2)n[nH]1)c1nnc2ccccn12. The van der Waals surface area contributed by atoms with Crippen molar-refractivity contribution in [3.63, 3.8) is 0 Å². The molecule has 8 heteroatoms. The molecule has 142 valence electrons. The zero-order valence-corrected chi connectivity index (χ0v) is 15.7. The lowest BCUT2D eigenvalue weighted by Gasteiger charge is -2.18. The van der Waals surface area contributed by atoms with Crippen molar-refractivity contribution in [2.45, 2.75) is 26.3 Å². The van der Waals surface area contributed by atoms with Crippen LogP contribution in [0.2, 0.25) is 0 Å². The maximum absolute atomic E-state index is 12.9. The minimum Gasteiger partial charge on any atom is -0.341 e. The van der Waals surface area contributed by atoms with E-state index in [1.807, 2.05) is 40.9 Å². The average Bonchev–Trinajstić information content (AvgIpc) is 3.35. The number of aromatic nitrogens is 6. The molecular formula is C20H21N7O. The molecule has 4 heterocycles. The summed E-state index contributed by atoms with van der Waals surface area (Å²) in [6.45, 7) is 4.22. The fourth-order valence-electron chi connectivity index (χ4n) is 3.13. The molecule has 1 atom stereocenters. The Morgan fingerprint density at radius 3 is 2.89 bits per heavy atom. The molecule has 0 bridgehead atoms. The Hall–Kier alpha value is -3.55. The molecule has 4 aromatic heterocycles. The number of aromatic amines is 1. The Kier molecular flexibility index (Phi) is 4.84. The third-order valence-corrected chi connectivity index (χ3v) is 4.44. The second kappa shape index (κ2) is 7.59. The predicted molar refractivity (Wildman–Crippen MR) is 104 cm³/mol. The van der Waals surface area contributed by atoms with Crippen molar-refractivity contribution in [2.24, 2.45) is 5.92 Å². The van der Waals surface area contributed by atoms with E-state index in [1.54, 1.807) is 18.5 Å². The number of hydrogen-bond acceptors (Lipinski definition) is 5. The van der Waals surface area contributed by atoms with Crippen molar-refractivity contribution >= 4 is 11.6 Å². The summed E-state index contributed by atoms with van der Waals surface area (Å²) in [5.41, 5.74) is 2.66. The van der Waals surface area contributed by atoms with Gasteiger partial charge in [-0.25, -0.2) is 0 Å². The van der Waals surface area contributed by atoms with E-state index in [0.717, 1.165) is 17.6 Å². The Morgan fingerprint density at radius 1 is 1.21 bits per heavy atom. The second-order valence-electron chi connectivity index (χ2n) is 7.05. The summed E-state index contributed by atoms with van der Waals surface area (Å²) in [7, 11) is 0. The average molecular weight is 375 g/mol. The minimum absolute atomic E-state index is 0.235. The van der Waals surface area contributed by atoms with E-state index in [1.165, 1.54) is 0 Å². The predicted octanol–water partition coefficient (Wildman–Crippen LogP) is 3.03. The lowest BCUT2D eigenvalue weighted by Crippen LogP contribution is -2.31. The molecule has 0 saturated heterocycles. The van der Waals surface area contributed by atoms with Crippen molar-refractivity contribution in [3.8, 4) is 11.3 Å². The van der Waals surface area contributed by atoms with Gasteiger partial charge in [-0.1, -0.05) is 19.9 Å². The molecule has 0 aliphatic heterocycles. The molecule has 0 saturated carbocycles. The fourth-order valence-corrected chi connectivity index (χ4v) is 3.13. The topological polar surface area (TPSA) is 101 Å². The molecule has 0 unspecified atom stereocenters. The summed E-state index contributed by atoms with van der Waals surface area (Å²) in [5, 5.41) is 18.6. The quantitative estimate of drug-likeness (QED) is 0.539. The molecule has 0 fully saturated rings. The number of amides is 1. The number of fused-ring (bicyclic) bond motifs is 1. The number of nitrogens with zero attached hydrogens (tertiary/aromatic N) is 5. The van der Waals surface area contributed by atoms with E-state index in [9.17, 15) is 4.79 Å². The van der Waals surface area contributed by atoms with Crippen LogP contribution in [0.4, 0.5) is 0 Å². The second-order valence-corrected chi connectivity index (χ2v) is 7.05. The van der Waals surface area contributed by atoms with Crippen LogP contribution in [0.25, 0.3) is 16.9 Å². The van der Waals surface area contributed by atoms with E-state index in [4.69, 9.17) is 0 Å². The van der Waals surface area contributed by atoms with Crippen LogP contribution < -0.4 is 5.32 Å². The minimum atomic E-state index is -0.268. The van der Waals surface area contributed by atoms with Crippen LogP contribution in [0.3, 0.4) is 0 Å². The number of pyridine rings is 2. The fraction of sp³-hybridized carbons (Fsp3) is 0.250. The van der Waals surface area contributed by atoms with Crippen LogP contribution in [-0.2, 0) is 0 Å². The molecule has 28 heavy (non-hydrogen) atoms. The van der Waals surface area contributed by atoms with Crippen molar-refractivity contribution < 1.29 is 4.79 Å². The van der Waals surface area contributed by atoms with E-state index in [0.29, 0.717) is 23.1 Å². The highest BCUT2D eigenvalue weighted by Crippen LogP contribution is 2.22. The number of hydrogen-bond donors (Lipinski definition) is 2. The number of carbonyl (C=O) groups excluding carboxylic acids is 1. The van der Waals surface area contributed by atoms with Gasteiger partial charge in [0.25, 0.3) is 5.91 Å². The maximum Gasteiger partial charge on any atom is 0.269 e. The summed E-state index contributed by atoms with van der Waals surface area (Å²) < 4.78 is 1.90. The highest BCUT2D eigenvalue weighted by molar-refractivity contribution is 5.93. The summed E-state index contributed by atoms with van der Waals surface area (Å²) in [4.78, 5) is 16.9. The molecule has 0 spiro atoms. The van der Waals surface area contributed by atoms with Crippen molar-refractivity contribution in [1.82, 2.24) is 35.1 Å². The van der Waals surface area contributed by atoms with Crippen LogP contribution >= 0.6 is 0 Å². The molecule has 8 nitrogen and oxygen atoms in total. The van der Waals surface area contributed by atoms with Gasteiger partial charge in [0.15, 0.2) is 11.5 Å². The monoisotopic (exact) mass is 375 g/mol. The molecule has 2 N–H and O–H groups in total. The van der Waals surface area contributed by atoms with Crippen LogP contribution in [0.15, 0.2) is 55.0 Å². The van der Waals surface area contributed by atoms with Crippen LogP contribution in [0.5, 0.6) is 0 Å². The van der Waals surface area contributed by atoms with Crippen molar-refractivity contribution in [2.75, 3.05) is 0 Å². The van der Waals surface area contributed by atoms with Crippen LogP contribution in [-0.4, -0.2) is 35.7 Å². The summed E-state index contributed by atoms with van der Waals surface area (Å²) in [5.74, 6) is 0.847. The van der Waals surface area contributed by atoms with Gasteiger partial charge in [-0.3, -0.25) is 19.3 Å². The summed E-state index contributed by atoms with van der Waals surface area (Å²) in [6.07, 6.45) is 6.05. The van der Waals surface area contributed by atoms with Gasteiger partial charge in [0.05, 0.1) is 11.7 Å². The first kappa shape index (κ1) is 17.8. The van der Waals surface area contributed by atoms with Gasteiger partial charge in [-0.05, 0) is 42.7 Å². The van der Waals surface area contributed by atoms with Gasteiger partial charge in [0.2, 0.25) is 0 Å². The van der Waals surface area contributed by atoms with Crippen molar-refractivity contribution in [1.29, 1.82) is 0 Å². The van der Waals surface area contributed by atoms with Gasteiger partial charge >= 0.3 is 0 Å². The molecule has 1 amide bonds. The standard InChI is InChI=1S/C20H21N7O/c1-13(2)10-16(19-26-25-18-7-3-4-9-27(18)19)22-20(28)17-11-15(23-24-17)14-6-5-8-21-12-14/h3-9,11-13,16H,10H2,1-2H3,(H,22,28)(H,23,24)/t16-/m1/s1. The third-order valence-electron chi connectivity index (χ3n) is 4.44. The first-order valence-corrected chi connectivity index (χ1v) is 9.18. The maximum atomic E-state index is 12.9. The smallest absolute Gasteiger partial charge is 0.269 e. The van der Waals surface area contributed by atoms with Crippen LogP contribution in [0.1, 0.15) is 42.6 Å². The number of rotatable bonds is 6. The molecule has 4 rings (SSSR count). The Morgan fingerprint density at radius 2 is 2.11 bits per heavy atom. The highest BCUT2D eigenvalue weighted by Gasteiger charge is 2.23. The molecular weight excluding hydrogens is 354 g/mol. The zero-order chi connectivity index (χ0) is 19.5. The van der Waals surface area contributed by atoms with Gasteiger partial charge in [0, 0.05) is 24.2 Å². The Labute approximate surface area is 162 Å². The normalized spacial score (nSPS) is 12.4. The van der Waals surface area contributed by atoms with E-state index < -0.39 is 0 Å². The number of H-pyrrole nitrogens is 1. The zero-order valence-electron chi connectivity index (χ0n) is 15.7. The van der Waals surface area contributed by atoms with E-state index in [2.05, 4.69) is 44.5 Å². The first-order chi connectivity index (χ1) is 13.6. The Bertz CT molecular complexity index is 1080. The Balaban J connectivity index is 1.59. The lowest BCUT2D eigenvalue weighted by molar-refractivity contribution is 0.0924. The summed E-state index contributed by atoms with van der Waals surface area (Å²) in [6, 6.07) is 10.9. The third kappa shape index (κ3) is 3.62. The molecule has 0 aliphatic rings. The highest BCUT2D eigenvalue weighted by atomic mass is 16.2. The molecule has 0 radical (unpaired) electrons. The largest absolute Gasteiger partial charge is 0.341 e. The van der Waals surface area contributed by atoms with Gasteiger partial charge in [0.1, 0.15) is 5.69 Å². The lowest BCUT2D eigenvalue weighted by atomic mass is 10.0. The first-order valence-electron chi connectivity index (χ1n) is 9.18. The van der Waals surface area contributed by atoms with E-state index >= 15 is 0 Å². The molecule has 4 aromatic rings. The summed E-state index contributed by atoms with van der Waals surface area (Å²) >= 11 is 0. The molecule has 0 aromatic carbocycles. The number of nitrogens with one attached hydrogen (secondary N) is 2. The van der Waals surface area contributed by atoms with Crippen molar-refractivity contribution in [3.05, 3.63) is 66.5 Å². The van der Waals surface area contributed by atoms with E-state index in [-0.39, 0.29) is 11.9 Å². The van der Waals surface area contributed by atoms with Crippen LogP contribution in [0, 0.1) is 5.92 Å². The van der Waals surface area contributed by atoms with Gasteiger partial charge in [-0.2, -0.15) is 5.10 Å².